The minimum atomic E-state index is -0.545. The molecule has 1 N–H and O–H groups in total. The van der Waals surface area contributed by atoms with Crippen molar-refractivity contribution in [1.82, 2.24) is 0 Å². The number of anilines is 1. The molecule has 0 aliphatic carbocycles. The van der Waals surface area contributed by atoms with Crippen LogP contribution in [0.1, 0.15) is 5.56 Å². The minimum Gasteiger partial charge on any atom is -0.376 e. The Labute approximate surface area is 173 Å². The van der Waals surface area contributed by atoms with Gasteiger partial charge < -0.3 is 5.32 Å². The maximum absolute atomic E-state index is 10.9. The van der Waals surface area contributed by atoms with Gasteiger partial charge in [0.05, 0.1) is 15.5 Å². The monoisotopic (exact) mass is 455 g/mol. The summed E-state index contributed by atoms with van der Waals surface area (Å²) in [6.45, 7) is 0.770. The predicted octanol–water partition coefficient (Wildman–Crippen LogP) is 6.42. The number of nitrogens with zero attached hydrogens (tertiary/aromatic N) is 4. The van der Waals surface area contributed by atoms with Gasteiger partial charge in [0, 0.05) is 29.6 Å². The summed E-state index contributed by atoms with van der Waals surface area (Å²) < 4.78 is 0. The van der Waals surface area contributed by atoms with E-state index in [9.17, 15) is 15.4 Å². The Morgan fingerprint density at radius 1 is 1.18 bits per heavy atom. The number of hydrogen-bond acceptors (Lipinski definition) is 7. The van der Waals surface area contributed by atoms with Crippen molar-refractivity contribution >= 4 is 48.6 Å². The lowest BCUT2D eigenvalue weighted by atomic mass is 10.1. The van der Waals surface area contributed by atoms with Gasteiger partial charge in [0.15, 0.2) is 0 Å². The molecular formula is C19H14BrN5O2S. The third-order valence-electron chi connectivity index (χ3n) is 3.75. The van der Waals surface area contributed by atoms with E-state index in [0.717, 1.165) is 28.0 Å². The first kappa shape index (κ1) is 19.7. The topological polar surface area (TPSA) is 104 Å². The van der Waals surface area contributed by atoms with Crippen molar-refractivity contribution in [3.8, 4) is 17.2 Å². The van der Waals surface area contributed by atoms with Crippen LogP contribution >= 0.6 is 27.3 Å². The van der Waals surface area contributed by atoms with Gasteiger partial charge in [-0.05, 0) is 17.7 Å². The Balaban J connectivity index is 1.98. The maximum Gasteiger partial charge on any atom is 0.270 e. The summed E-state index contributed by atoms with van der Waals surface area (Å²) in [5.41, 5.74) is 2.16. The van der Waals surface area contributed by atoms with Crippen molar-refractivity contribution in [2.45, 2.75) is 0 Å². The zero-order chi connectivity index (χ0) is 19.9. The molecule has 3 rings (SSSR count). The normalized spacial score (nSPS) is 10.7. The van der Waals surface area contributed by atoms with Gasteiger partial charge in [0.25, 0.3) is 5.69 Å². The number of azo groups is 1. The Kier molecular flexibility index (Phi) is 6.47. The first-order chi connectivity index (χ1) is 13.6. The fourth-order valence-corrected chi connectivity index (χ4v) is 3.58. The van der Waals surface area contributed by atoms with Crippen molar-refractivity contribution < 1.29 is 4.92 Å². The average molecular weight is 456 g/mol. The number of nitro benzene ring substituents is 1. The van der Waals surface area contributed by atoms with E-state index in [2.05, 4.69) is 31.5 Å². The number of halogens is 1. The van der Waals surface area contributed by atoms with E-state index >= 15 is 0 Å². The fraction of sp³-hybridized carbons (Fsp3) is 0.105. The molecule has 3 aromatic rings. The summed E-state index contributed by atoms with van der Waals surface area (Å²) in [6.07, 6.45) is 0. The van der Waals surface area contributed by atoms with Gasteiger partial charge in [-0.3, -0.25) is 10.1 Å². The van der Waals surface area contributed by atoms with E-state index in [1.54, 1.807) is 0 Å². The second-order valence-electron chi connectivity index (χ2n) is 5.58. The van der Waals surface area contributed by atoms with Crippen molar-refractivity contribution in [2.75, 3.05) is 17.2 Å². The highest BCUT2D eigenvalue weighted by atomic mass is 79.9. The van der Waals surface area contributed by atoms with Gasteiger partial charge in [-0.15, -0.1) is 10.2 Å². The maximum atomic E-state index is 10.9. The first-order valence-electron chi connectivity index (χ1n) is 8.21. The summed E-state index contributed by atoms with van der Waals surface area (Å²) in [5.74, 6) is 0. The lowest BCUT2D eigenvalue weighted by molar-refractivity contribution is -0.384. The van der Waals surface area contributed by atoms with Crippen LogP contribution in [-0.4, -0.2) is 16.8 Å². The standard InChI is InChI=1S/C19H14BrN5O2S/c20-8-9-22-18-11-16(13-4-2-1-3-5-13)19(28-18)24-23-17-7-6-15(25(26)27)10-14(17)12-21/h1-7,10-11,22H,8-9H2. The smallest absolute Gasteiger partial charge is 0.270 e. The zero-order valence-corrected chi connectivity index (χ0v) is 16.9. The molecule has 28 heavy (non-hydrogen) atoms. The molecule has 0 radical (unpaired) electrons. The van der Waals surface area contributed by atoms with Crippen LogP contribution in [0, 0.1) is 21.4 Å². The molecule has 140 valence electrons. The lowest BCUT2D eigenvalue weighted by Gasteiger charge is -1.99. The van der Waals surface area contributed by atoms with Crippen molar-refractivity contribution in [1.29, 1.82) is 5.26 Å². The van der Waals surface area contributed by atoms with E-state index in [1.807, 2.05) is 42.5 Å². The summed E-state index contributed by atoms with van der Waals surface area (Å²) >= 11 is 4.84. The predicted molar refractivity (Wildman–Crippen MR) is 114 cm³/mol. The lowest BCUT2D eigenvalue weighted by Crippen LogP contribution is -1.99. The molecule has 0 bridgehead atoms. The summed E-state index contributed by atoms with van der Waals surface area (Å²) in [5, 5.41) is 34.4. The highest BCUT2D eigenvalue weighted by molar-refractivity contribution is 9.09. The number of rotatable bonds is 7. The van der Waals surface area contributed by atoms with Crippen molar-refractivity contribution in [3.63, 3.8) is 0 Å². The third-order valence-corrected chi connectivity index (χ3v) is 5.12. The largest absolute Gasteiger partial charge is 0.376 e. The Hall–Kier alpha value is -3.09. The second kappa shape index (κ2) is 9.21. The summed E-state index contributed by atoms with van der Waals surface area (Å²) in [6, 6.07) is 17.7. The Morgan fingerprint density at radius 3 is 2.64 bits per heavy atom. The number of nitro groups is 1. The highest BCUT2D eigenvalue weighted by Crippen LogP contribution is 2.42. The molecule has 1 heterocycles. The van der Waals surface area contributed by atoms with E-state index in [0.29, 0.717) is 5.00 Å². The molecule has 0 saturated heterocycles. The number of nitriles is 1. The highest BCUT2D eigenvalue weighted by Gasteiger charge is 2.13. The van der Waals surface area contributed by atoms with Crippen LogP contribution in [0.2, 0.25) is 0 Å². The quantitative estimate of drug-likeness (QED) is 0.192. The number of hydrogen-bond donors (Lipinski definition) is 1. The van der Waals surface area contributed by atoms with E-state index in [-0.39, 0.29) is 16.9 Å². The summed E-state index contributed by atoms with van der Waals surface area (Å²) in [4.78, 5) is 10.3. The summed E-state index contributed by atoms with van der Waals surface area (Å²) in [7, 11) is 0. The Bertz CT molecular complexity index is 1060. The van der Waals surface area contributed by atoms with E-state index < -0.39 is 4.92 Å². The van der Waals surface area contributed by atoms with Crippen LogP contribution in [0.3, 0.4) is 0 Å². The van der Waals surface area contributed by atoms with Gasteiger partial charge in [-0.1, -0.05) is 57.6 Å². The van der Waals surface area contributed by atoms with Crippen LogP contribution in [-0.2, 0) is 0 Å². The zero-order valence-electron chi connectivity index (χ0n) is 14.5. The molecule has 7 nitrogen and oxygen atoms in total. The van der Waals surface area contributed by atoms with Gasteiger partial charge in [-0.2, -0.15) is 5.26 Å². The molecule has 0 atom stereocenters. The van der Waals surface area contributed by atoms with Crippen LogP contribution in [0.15, 0.2) is 64.8 Å². The average Bonchev–Trinajstić information content (AvgIpc) is 3.14. The molecule has 0 aliphatic heterocycles. The molecule has 2 aromatic carbocycles. The molecule has 0 aliphatic rings. The number of alkyl halides is 1. The number of thiophene rings is 1. The van der Waals surface area contributed by atoms with Crippen molar-refractivity contribution in [3.05, 3.63) is 70.3 Å². The minimum absolute atomic E-state index is 0.105. The third kappa shape index (κ3) is 4.60. The number of nitrogens with one attached hydrogen (secondary N) is 1. The molecule has 0 saturated carbocycles. The van der Waals surface area contributed by atoms with Crippen molar-refractivity contribution in [2.24, 2.45) is 10.2 Å². The molecule has 0 unspecified atom stereocenters. The molecular weight excluding hydrogens is 442 g/mol. The van der Waals surface area contributed by atoms with Gasteiger partial charge in [0.2, 0.25) is 0 Å². The van der Waals surface area contributed by atoms with Gasteiger partial charge in [-0.25, -0.2) is 0 Å². The Morgan fingerprint density at radius 2 is 1.96 bits per heavy atom. The van der Waals surface area contributed by atoms with Gasteiger partial charge >= 0.3 is 0 Å². The fourth-order valence-electron chi connectivity index (χ4n) is 2.45. The van der Waals surface area contributed by atoms with Crippen LogP contribution in [0.4, 0.5) is 21.4 Å². The first-order valence-corrected chi connectivity index (χ1v) is 10.2. The van der Waals surface area contributed by atoms with Crippen LogP contribution in [0.5, 0.6) is 0 Å². The SMILES string of the molecule is N#Cc1cc([N+](=O)[O-])ccc1N=Nc1sc(NCCBr)cc1-c1ccccc1. The van der Waals surface area contributed by atoms with E-state index in [4.69, 9.17) is 0 Å². The molecule has 1 aromatic heterocycles. The molecule has 0 fully saturated rings. The second-order valence-corrected chi connectivity index (χ2v) is 7.41. The molecule has 9 heteroatoms. The number of non-ortho nitro benzene ring substituents is 1. The number of benzene rings is 2. The van der Waals surface area contributed by atoms with Crippen LogP contribution in [0.25, 0.3) is 11.1 Å². The molecule has 0 amide bonds. The molecule has 0 spiro atoms. The van der Waals surface area contributed by atoms with Gasteiger partial charge in [0.1, 0.15) is 16.8 Å². The van der Waals surface area contributed by atoms with E-state index in [1.165, 1.54) is 29.5 Å². The van der Waals surface area contributed by atoms with Crippen LogP contribution < -0.4 is 5.32 Å².